The molecule has 0 aliphatic heterocycles. The van der Waals surface area contributed by atoms with Gasteiger partial charge in [-0.15, -0.1) is 12.4 Å². The molecule has 0 aliphatic carbocycles. The first-order chi connectivity index (χ1) is 9.10. The number of hydrogen-bond donors (Lipinski definition) is 1. The quantitative estimate of drug-likeness (QED) is 0.774. The lowest BCUT2D eigenvalue weighted by molar-refractivity contribution is 0.457. The second-order valence-corrected chi connectivity index (χ2v) is 5.42. The van der Waals surface area contributed by atoms with E-state index >= 15 is 0 Å². The van der Waals surface area contributed by atoms with E-state index in [2.05, 4.69) is 19.2 Å². The first kappa shape index (κ1) is 17.4. The summed E-state index contributed by atoms with van der Waals surface area (Å²) < 4.78 is 5.79. The SMILES string of the molecule is CCC(C)NCc1ccc(-c2cc(Cl)ccc2Cl)o1.Cl. The standard InChI is InChI=1S/C15H17Cl2NO.ClH/c1-3-10(2)18-9-12-5-7-15(19-12)13-8-11(16)4-6-14(13)17;/h4-8,10,18H,3,9H2,1-2H3;1H. The first-order valence-corrected chi connectivity index (χ1v) is 7.13. The van der Waals surface area contributed by atoms with Gasteiger partial charge in [0.1, 0.15) is 11.5 Å². The highest BCUT2D eigenvalue weighted by Crippen LogP contribution is 2.31. The fraction of sp³-hybridized carbons (Fsp3) is 0.333. The van der Waals surface area contributed by atoms with E-state index in [1.54, 1.807) is 12.1 Å². The zero-order valence-corrected chi connectivity index (χ0v) is 13.8. The highest BCUT2D eigenvalue weighted by atomic mass is 35.5. The van der Waals surface area contributed by atoms with Crippen molar-refractivity contribution in [3.63, 3.8) is 0 Å². The molecule has 0 spiro atoms. The average Bonchev–Trinajstić information content (AvgIpc) is 2.87. The van der Waals surface area contributed by atoms with Crippen molar-refractivity contribution < 1.29 is 4.42 Å². The molecule has 1 atom stereocenters. The summed E-state index contributed by atoms with van der Waals surface area (Å²) in [5.74, 6) is 1.64. The van der Waals surface area contributed by atoms with E-state index in [4.69, 9.17) is 27.6 Å². The van der Waals surface area contributed by atoms with Crippen LogP contribution in [0.15, 0.2) is 34.7 Å². The predicted molar refractivity (Wildman–Crippen MR) is 88.0 cm³/mol. The van der Waals surface area contributed by atoms with E-state index in [-0.39, 0.29) is 12.4 Å². The Kier molecular flexibility index (Phi) is 6.90. The molecule has 1 unspecified atom stereocenters. The van der Waals surface area contributed by atoms with Gasteiger partial charge in [-0.2, -0.15) is 0 Å². The molecule has 0 saturated heterocycles. The lowest BCUT2D eigenvalue weighted by Crippen LogP contribution is -2.24. The highest BCUT2D eigenvalue weighted by Gasteiger charge is 2.09. The Balaban J connectivity index is 0.00000200. The van der Waals surface area contributed by atoms with E-state index in [1.165, 1.54) is 0 Å². The third-order valence-corrected chi connectivity index (χ3v) is 3.66. The first-order valence-electron chi connectivity index (χ1n) is 6.37. The summed E-state index contributed by atoms with van der Waals surface area (Å²) in [5.41, 5.74) is 0.823. The van der Waals surface area contributed by atoms with Gasteiger partial charge in [-0.3, -0.25) is 0 Å². The van der Waals surface area contributed by atoms with Gasteiger partial charge in [0.15, 0.2) is 0 Å². The van der Waals surface area contributed by atoms with Gasteiger partial charge in [-0.25, -0.2) is 0 Å². The van der Waals surface area contributed by atoms with Crippen LogP contribution in [-0.2, 0) is 6.54 Å². The molecule has 20 heavy (non-hydrogen) atoms. The lowest BCUT2D eigenvalue weighted by Gasteiger charge is -2.09. The molecule has 1 aromatic carbocycles. The second kappa shape index (κ2) is 7.94. The van der Waals surface area contributed by atoms with Crippen molar-refractivity contribution >= 4 is 35.6 Å². The van der Waals surface area contributed by atoms with Crippen LogP contribution in [-0.4, -0.2) is 6.04 Å². The van der Waals surface area contributed by atoms with Crippen LogP contribution in [0.4, 0.5) is 0 Å². The number of rotatable bonds is 5. The van der Waals surface area contributed by atoms with E-state index in [9.17, 15) is 0 Å². The van der Waals surface area contributed by atoms with Crippen molar-refractivity contribution in [2.45, 2.75) is 32.9 Å². The van der Waals surface area contributed by atoms with E-state index in [1.807, 2.05) is 18.2 Å². The minimum atomic E-state index is 0. The maximum Gasteiger partial charge on any atom is 0.135 e. The minimum absolute atomic E-state index is 0. The van der Waals surface area contributed by atoms with E-state index in [0.29, 0.717) is 22.6 Å². The molecule has 0 saturated carbocycles. The van der Waals surface area contributed by atoms with Gasteiger partial charge in [0.25, 0.3) is 0 Å². The van der Waals surface area contributed by atoms with Crippen LogP contribution < -0.4 is 5.32 Å². The predicted octanol–water partition coefficient (Wildman–Crippen LogP) is 5.56. The molecule has 1 heterocycles. The van der Waals surface area contributed by atoms with Crippen LogP contribution in [0.1, 0.15) is 26.0 Å². The van der Waals surface area contributed by atoms with Crippen molar-refractivity contribution in [2.24, 2.45) is 0 Å². The second-order valence-electron chi connectivity index (χ2n) is 4.58. The maximum absolute atomic E-state index is 6.16. The topological polar surface area (TPSA) is 25.2 Å². The molecule has 2 nitrogen and oxygen atoms in total. The molecule has 0 fully saturated rings. The summed E-state index contributed by atoms with van der Waals surface area (Å²) in [6.07, 6.45) is 1.09. The molecular formula is C15H18Cl3NO. The minimum Gasteiger partial charge on any atom is -0.460 e. The molecule has 110 valence electrons. The molecule has 0 bridgehead atoms. The maximum atomic E-state index is 6.16. The van der Waals surface area contributed by atoms with Gasteiger partial charge in [-0.05, 0) is 43.7 Å². The number of benzene rings is 1. The van der Waals surface area contributed by atoms with Crippen molar-refractivity contribution in [3.8, 4) is 11.3 Å². The van der Waals surface area contributed by atoms with Crippen molar-refractivity contribution in [3.05, 3.63) is 46.1 Å². The Bertz CT molecular complexity index is 554. The summed E-state index contributed by atoms with van der Waals surface area (Å²) in [7, 11) is 0. The Hall–Kier alpha value is -0.670. The molecular weight excluding hydrogens is 317 g/mol. The zero-order valence-electron chi connectivity index (χ0n) is 11.5. The molecule has 1 aromatic heterocycles. The van der Waals surface area contributed by atoms with Crippen LogP contribution in [0.25, 0.3) is 11.3 Å². The molecule has 0 amide bonds. The number of furan rings is 1. The molecule has 2 aromatic rings. The summed E-state index contributed by atoms with van der Waals surface area (Å²) in [6.45, 7) is 5.02. The van der Waals surface area contributed by atoms with Crippen LogP contribution >= 0.6 is 35.6 Å². The van der Waals surface area contributed by atoms with Crippen molar-refractivity contribution in [1.82, 2.24) is 5.32 Å². The van der Waals surface area contributed by atoms with Crippen LogP contribution in [0.3, 0.4) is 0 Å². The summed E-state index contributed by atoms with van der Waals surface area (Å²) >= 11 is 12.1. The average molecular weight is 335 g/mol. The number of halogens is 3. The van der Waals surface area contributed by atoms with Gasteiger partial charge in [-0.1, -0.05) is 30.1 Å². The molecule has 5 heteroatoms. The Labute approximate surface area is 135 Å². The van der Waals surface area contributed by atoms with Crippen LogP contribution in [0.2, 0.25) is 10.0 Å². The lowest BCUT2D eigenvalue weighted by atomic mass is 10.2. The number of hydrogen-bond acceptors (Lipinski definition) is 2. The molecule has 1 N–H and O–H groups in total. The Morgan fingerprint density at radius 3 is 2.65 bits per heavy atom. The van der Waals surface area contributed by atoms with E-state index < -0.39 is 0 Å². The van der Waals surface area contributed by atoms with Crippen LogP contribution in [0, 0.1) is 0 Å². The fourth-order valence-corrected chi connectivity index (χ4v) is 2.11. The van der Waals surface area contributed by atoms with Crippen molar-refractivity contribution in [1.29, 1.82) is 0 Å². The normalized spacial score (nSPS) is 12.0. The third-order valence-electron chi connectivity index (χ3n) is 3.09. The molecule has 0 radical (unpaired) electrons. The molecule has 0 aliphatic rings. The zero-order chi connectivity index (χ0) is 13.8. The van der Waals surface area contributed by atoms with Gasteiger partial charge in [0.2, 0.25) is 0 Å². The van der Waals surface area contributed by atoms with Crippen LogP contribution in [0.5, 0.6) is 0 Å². The van der Waals surface area contributed by atoms with E-state index in [0.717, 1.165) is 23.5 Å². The highest BCUT2D eigenvalue weighted by molar-refractivity contribution is 6.35. The third kappa shape index (κ3) is 4.42. The smallest absolute Gasteiger partial charge is 0.135 e. The van der Waals surface area contributed by atoms with Crippen molar-refractivity contribution in [2.75, 3.05) is 0 Å². The Morgan fingerprint density at radius 1 is 1.20 bits per heavy atom. The Morgan fingerprint density at radius 2 is 1.95 bits per heavy atom. The summed E-state index contributed by atoms with van der Waals surface area (Å²) in [6, 6.07) is 9.71. The number of nitrogens with one attached hydrogen (secondary N) is 1. The summed E-state index contributed by atoms with van der Waals surface area (Å²) in [5, 5.41) is 4.67. The monoisotopic (exact) mass is 333 g/mol. The molecule has 2 rings (SSSR count). The van der Waals surface area contributed by atoms with Gasteiger partial charge < -0.3 is 9.73 Å². The van der Waals surface area contributed by atoms with Gasteiger partial charge >= 0.3 is 0 Å². The van der Waals surface area contributed by atoms with Gasteiger partial charge in [0, 0.05) is 16.6 Å². The van der Waals surface area contributed by atoms with Gasteiger partial charge in [0.05, 0.1) is 11.6 Å². The summed E-state index contributed by atoms with van der Waals surface area (Å²) in [4.78, 5) is 0. The fourth-order valence-electron chi connectivity index (χ4n) is 1.72. The largest absolute Gasteiger partial charge is 0.460 e.